The van der Waals surface area contributed by atoms with Gasteiger partial charge < -0.3 is 14.2 Å². The minimum Gasteiger partial charge on any atom is -0.454 e. The van der Waals surface area contributed by atoms with Crippen molar-refractivity contribution in [2.24, 2.45) is 0 Å². The first-order valence-corrected chi connectivity index (χ1v) is 18.7. The smallest absolute Gasteiger partial charge is 0.330 e. The van der Waals surface area contributed by atoms with Crippen molar-refractivity contribution in [3.8, 4) is 0 Å². The van der Waals surface area contributed by atoms with Gasteiger partial charge in [-0.05, 0) is 12.8 Å². The number of hydrogen-bond donors (Lipinski definition) is 0. The Morgan fingerprint density at radius 3 is 1.00 bits per heavy atom. The van der Waals surface area contributed by atoms with Crippen LogP contribution in [0.2, 0.25) is 0 Å². The number of rotatable bonds is 36. The highest BCUT2D eigenvalue weighted by Gasteiger charge is 2.13. The molecular formula is C38H74O4. The number of hydrogen-bond acceptors (Lipinski definition) is 4. The Bertz CT molecular complexity index is 499. The predicted octanol–water partition coefficient (Wildman–Crippen LogP) is 12.1. The van der Waals surface area contributed by atoms with Crippen molar-refractivity contribution < 1.29 is 19.0 Å². The molecule has 0 rings (SSSR count). The van der Waals surface area contributed by atoms with Gasteiger partial charge in [0.1, 0.15) is 6.10 Å². The summed E-state index contributed by atoms with van der Waals surface area (Å²) < 4.78 is 17.1. The van der Waals surface area contributed by atoms with Crippen LogP contribution in [0, 0.1) is 0 Å². The average Bonchev–Trinajstić information content (AvgIpc) is 3.00. The highest BCUT2D eigenvalue weighted by molar-refractivity contribution is 5.81. The molecule has 4 heteroatoms. The Kier molecular flexibility index (Phi) is 35.6. The minimum absolute atomic E-state index is 0.353. The van der Waals surface area contributed by atoms with Crippen molar-refractivity contribution in [2.75, 3.05) is 26.4 Å². The lowest BCUT2D eigenvalue weighted by molar-refractivity contribution is -0.150. The van der Waals surface area contributed by atoms with Crippen molar-refractivity contribution in [2.45, 2.75) is 200 Å². The fourth-order valence-corrected chi connectivity index (χ4v) is 5.56. The van der Waals surface area contributed by atoms with E-state index in [1.54, 1.807) is 0 Å². The molecule has 0 aromatic heterocycles. The fourth-order valence-electron chi connectivity index (χ4n) is 5.56. The summed E-state index contributed by atoms with van der Waals surface area (Å²) in [5.74, 6) is -0.403. The summed E-state index contributed by atoms with van der Waals surface area (Å²) in [7, 11) is 0. The Morgan fingerprint density at radius 2 is 0.738 bits per heavy atom. The maximum atomic E-state index is 11.7. The van der Waals surface area contributed by atoms with Crippen LogP contribution in [0.15, 0.2) is 12.7 Å². The molecule has 0 aromatic rings. The molecule has 0 aliphatic carbocycles. The zero-order valence-corrected chi connectivity index (χ0v) is 28.6. The van der Waals surface area contributed by atoms with Gasteiger partial charge in [-0.25, -0.2) is 4.79 Å². The van der Waals surface area contributed by atoms with E-state index in [0.717, 1.165) is 26.1 Å². The van der Waals surface area contributed by atoms with Gasteiger partial charge in [-0.15, -0.1) is 0 Å². The summed E-state index contributed by atoms with van der Waals surface area (Å²) in [6.07, 6.45) is 38.8. The third-order valence-electron chi connectivity index (χ3n) is 8.34. The molecule has 0 radical (unpaired) electrons. The summed E-state index contributed by atoms with van der Waals surface area (Å²) in [5.41, 5.74) is 0. The third kappa shape index (κ3) is 33.6. The Balaban J connectivity index is 3.56. The largest absolute Gasteiger partial charge is 0.454 e. The van der Waals surface area contributed by atoms with E-state index in [-0.39, 0.29) is 6.10 Å². The van der Waals surface area contributed by atoms with Crippen molar-refractivity contribution in [1.82, 2.24) is 0 Å². The first-order chi connectivity index (χ1) is 20.7. The normalized spacial score (nSPS) is 11.4. The van der Waals surface area contributed by atoms with Gasteiger partial charge in [-0.1, -0.05) is 187 Å². The van der Waals surface area contributed by atoms with Gasteiger partial charge >= 0.3 is 5.97 Å². The lowest BCUT2D eigenvalue weighted by atomic mass is 10.0. The van der Waals surface area contributed by atoms with Gasteiger partial charge in [0.2, 0.25) is 0 Å². The lowest BCUT2D eigenvalue weighted by Crippen LogP contribution is -2.28. The molecule has 250 valence electrons. The second-order valence-electron chi connectivity index (χ2n) is 12.6. The molecular weight excluding hydrogens is 520 g/mol. The van der Waals surface area contributed by atoms with Crippen LogP contribution in [0.5, 0.6) is 0 Å². The van der Waals surface area contributed by atoms with Gasteiger partial charge in [-0.2, -0.15) is 0 Å². The summed E-state index contributed by atoms with van der Waals surface area (Å²) in [6.45, 7) is 10.3. The van der Waals surface area contributed by atoms with E-state index < -0.39 is 5.97 Å². The zero-order chi connectivity index (χ0) is 30.6. The van der Waals surface area contributed by atoms with E-state index in [1.165, 1.54) is 173 Å². The molecule has 0 aliphatic heterocycles. The van der Waals surface area contributed by atoms with Gasteiger partial charge in [-0.3, -0.25) is 0 Å². The van der Waals surface area contributed by atoms with Crippen LogP contribution in [0.1, 0.15) is 194 Å². The first-order valence-electron chi connectivity index (χ1n) is 18.7. The second-order valence-corrected chi connectivity index (χ2v) is 12.6. The van der Waals surface area contributed by atoms with Gasteiger partial charge in [0.05, 0.1) is 13.2 Å². The molecule has 0 aliphatic rings. The number of unbranched alkanes of at least 4 members (excludes halogenated alkanes) is 26. The van der Waals surface area contributed by atoms with Crippen molar-refractivity contribution in [3.05, 3.63) is 12.7 Å². The van der Waals surface area contributed by atoms with E-state index in [1.807, 2.05) is 0 Å². The molecule has 0 unspecified atom stereocenters. The van der Waals surface area contributed by atoms with Crippen LogP contribution in [0.4, 0.5) is 0 Å². The van der Waals surface area contributed by atoms with Gasteiger partial charge in [0, 0.05) is 19.3 Å². The van der Waals surface area contributed by atoms with Crippen LogP contribution >= 0.6 is 0 Å². The summed E-state index contributed by atoms with van der Waals surface area (Å²) in [6, 6.07) is 0. The Labute approximate surface area is 263 Å². The lowest BCUT2D eigenvalue weighted by Gasteiger charge is -2.17. The fraction of sp³-hybridized carbons (Fsp3) is 0.921. The van der Waals surface area contributed by atoms with E-state index in [9.17, 15) is 4.79 Å². The molecule has 0 bridgehead atoms. The molecule has 0 saturated carbocycles. The molecule has 4 nitrogen and oxygen atoms in total. The predicted molar refractivity (Wildman–Crippen MR) is 182 cm³/mol. The highest BCUT2D eigenvalue weighted by atomic mass is 16.6. The summed E-state index contributed by atoms with van der Waals surface area (Å²) in [5, 5.41) is 0. The van der Waals surface area contributed by atoms with Crippen molar-refractivity contribution >= 4 is 5.97 Å². The minimum atomic E-state index is -0.403. The quantitative estimate of drug-likeness (QED) is 0.0411. The van der Waals surface area contributed by atoms with Crippen molar-refractivity contribution in [1.29, 1.82) is 0 Å². The average molecular weight is 595 g/mol. The number of ether oxygens (including phenoxy) is 3. The Morgan fingerprint density at radius 1 is 0.476 bits per heavy atom. The maximum absolute atomic E-state index is 11.7. The maximum Gasteiger partial charge on any atom is 0.330 e. The van der Waals surface area contributed by atoms with Crippen LogP contribution < -0.4 is 0 Å². The standard InChI is InChI=1S/C38H74O4/c1-4-7-9-11-13-15-17-19-21-23-25-27-29-31-33-40-35-37(42-38(39)6-3)36-41-34-32-30-28-26-24-22-20-18-16-14-12-10-8-5-2/h6,37H,3-5,7-36H2,1-2H3. The van der Waals surface area contributed by atoms with E-state index in [4.69, 9.17) is 14.2 Å². The molecule has 0 amide bonds. The molecule has 0 N–H and O–H groups in total. The Hall–Kier alpha value is -0.870. The van der Waals surface area contributed by atoms with Crippen LogP contribution in [-0.4, -0.2) is 38.5 Å². The molecule has 0 saturated heterocycles. The summed E-state index contributed by atoms with van der Waals surface area (Å²) in [4.78, 5) is 11.7. The molecule has 0 heterocycles. The second kappa shape index (κ2) is 36.3. The van der Waals surface area contributed by atoms with E-state index >= 15 is 0 Å². The number of carbonyl (C=O) groups is 1. The van der Waals surface area contributed by atoms with Gasteiger partial charge in [0.25, 0.3) is 0 Å². The monoisotopic (exact) mass is 595 g/mol. The number of esters is 1. The van der Waals surface area contributed by atoms with Crippen LogP contribution in [0.25, 0.3) is 0 Å². The van der Waals surface area contributed by atoms with Crippen LogP contribution in [-0.2, 0) is 19.0 Å². The topological polar surface area (TPSA) is 44.8 Å². The first kappa shape index (κ1) is 41.1. The van der Waals surface area contributed by atoms with Crippen LogP contribution in [0.3, 0.4) is 0 Å². The van der Waals surface area contributed by atoms with E-state index in [0.29, 0.717) is 13.2 Å². The molecule has 0 spiro atoms. The van der Waals surface area contributed by atoms with E-state index in [2.05, 4.69) is 20.4 Å². The highest BCUT2D eigenvalue weighted by Crippen LogP contribution is 2.14. The molecule has 42 heavy (non-hydrogen) atoms. The molecule has 0 atom stereocenters. The van der Waals surface area contributed by atoms with Crippen molar-refractivity contribution in [3.63, 3.8) is 0 Å². The summed E-state index contributed by atoms with van der Waals surface area (Å²) >= 11 is 0. The number of carbonyl (C=O) groups excluding carboxylic acids is 1. The zero-order valence-electron chi connectivity index (χ0n) is 28.6. The third-order valence-corrected chi connectivity index (χ3v) is 8.34. The SMILES string of the molecule is C=CC(=O)OC(COCCCCCCCCCCCCCCCC)COCCCCCCCCCCCCCCCC. The van der Waals surface area contributed by atoms with Gasteiger partial charge in [0.15, 0.2) is 0 Å². The molecule has 0 fully saturated rings. The molecule has 0 aromatic carbocycles.